The van der Waals surface area contributed by atoms with E-state index in [0.717, 1.165) is 15.6 Å². The SMILES string of the molecule is C#CCn1c(=NC(=O)c2cc3cccc(OC)c3o2)sc2cc(Cl)ccc21. The molecule has 2 aromatic carbocycles. The number of nitrogens with zero attached hydrogens (tertiary/aromatic N) is 2. The van der Waals surface area contributed by atoms with Crippen LogP contribution in [-0.2, 0) is 6.54 Å². The van der Waals surface area contributed by atoms with E-state index in [2.05, 4.69) is 10.9 Å². The maximum absolute atomic E-state index is 12.7. The number of terminal acetylenes is 1. The molecule has 7 heteroatoms. The number of halogens is 1. The summed E-state index contributed by atoms with van der Waals surface area (Å²) in [5.41, 5.74) is 1.39. The number of thiazole rings is 1. The Morgan fingerprint density at radius 2 is 2.22 bits per heavy atom. The zero-order chi connectivity index (χ0) is 19.0. The van der Waals surface area contributed by atoms with Gasteiger partial charge in [0, 0.05) is 10.4 Å². The van der Waals surface area contributed by atoms with Crippen LogP contribution in [0, 0.1) is 12.3 Å². The average Bonchev–Trinajstić information content (AvgIpc) is 3.23. The molecule has 2 heterocycles. The van der Waals surface area contributed by atoms with E-state index in [0.29, 0.717) is 27.7 Å². The second-order valence-electron chi connectivity index (χ2n) is 5.69. The first-order valence-electron chi connectivity index (χ1n) is 7.98. The van der Waals surface area contributed by atoms with Gasteiger partial charge in [0.25, 0.3) is 0 Å². The van der Waals surface area contributed by atoms with Gasteiger partial charge in [0.2, 0.25) is 0 Å². The van der Waals surface area contributed by atoms with Gasteiger partial charge in [-0.1, -0.05) is 41.0 Å². The van der Waals surface area contributed by atoms with Crippen LogP contribution >= 0.6 is 22.9 Å². The molecule has 0 aliphatic heterocycles. The molecule has 0 aliphatic rings. The number of carbonyl (C=O) groups excluding carboxylic acids is 1. The highest BCUT2D eigenvalue weighted by Crippen LogP contribution is 2.29. The van der Waals surface area contributed by atoms with E-state index in [1.807, 2.05) is 24.3 Å². The van der Waals surface area contributed by atoms with E-state index in [-0.39, 0.29) is 5.76 Å². The third-order valence-electron chi connectivity index (χ3n) is 4.03. The number of furan rings is 1. The summed E-state index contributed by atoms with van der Waals surface area (Å²) in [6.45, 7) is 0.293. The summed E-state index contributed by atoms with van der Waals surface area (Å²) >= 11 is 7.41. The molecule has 0 spiro atoms. The van der Waals surface area contributed by atoms with Crippen LogP contribution < -0.4 is 9.54 Å². The number of rotatable bonds is 3. The Kier molecular flexibility index (Phi) is 4.48. The van der Waals surface area contributed by atoms with Crippen molar-refractivity contribution in [1.29, 1.82) is 0 Å². The lowest BCUT2D eigenvalue weighted by Gasteiger charge is -1.99. The Bertz CT molecular complexity index is 1290. The molecule has 27 heavy (non-hydrogen) atoms. The number of hydrogen-bond acceptors (Lipinski definition) is 4. The van der Waals surface area contributed by atoms with Crippen LogP contribution in [0.2, 0.25) is 5.02 Å². The summed E-state index contributed by atoms with van der Waals surface area (Å²) in [5.74, 6) is 2.80. The van der Waals surface area contributed by atoms with Crippen LogP contribution in [-0.4, -0.2) is 17.6 Å². The molecule has 0 radical (unpaired) electrons. The van der Waals surface area contributed by atoms with Crippen LogP contribution in [0.3, 0.4) is 0 Å². The summed E-state index contributed by atoms with van der Waals surface area (Å²) in [6.07, 6.45) is 5.48. The maximum Gasteiger partial charge on any atom is 0.315 e. The minimum Gasteiger partial charge on any atom is -0.493 e. The second kappa shape index (κ2) is 6.95. The largest absolute Gasteiger partial charge is 0.493 e. The van der Waals surface area contributed by atoms with Crippen molar-refractivity contribution in [2.45, 2.75) is 6.54 Å². The van der Waals surface area contributed by atoms with E-state index in [9.17, 15) is 4.79 Å². The van der Waals surface area contributed by atoms with Crippen LogP contribution in [0.4, 0.5) is 0 Å². The van der Waals surface area contributed by atoms with Gasteiger partial charge in [-0.3, -0.25) is 4.79 Å². The Hall–Kier alpha value is -3.01. The first-order valence-corrected chi connectivity index (χ1v) is 9.18. The van der Waals surface area contributed by atoms with Crippen LogP contribution in [0.1, 0.15) is 10.6 Å². The Morgan fingerprint density at radius 3 is 3.00 bits per heavy atom. The Balaban J connectivity index is 1.85. The van der Waals surface area contributed by atoms with Crippen LogP contribution in [0.5, 0.6) is 5.75 Å². The highest BCUT2D eigenvalue weighted by Gasteiger charge is 2.15. The van der Waals surface area contributed by atoms with Gasteiger partial charge in [-0.2, -0.15) is 4.99 Å². The molecule has 0 fully saturated rings. The minimum absolute atomic E-state index is 0.136. The molecule has 134 valence electrons. The van der Waals surface area contributed by atoms with Crippen LogP contribution in [0.15, 0.2) is 51.9 Å². The summed E-state index contributed by atoms with van der Waals surface area (Å²) in [7, 11) is 1.55. The lowest BCUT2D eigenvalue weighted by atomic mass is 10.2. The number of fused-ring (bicyclic) bond motifs is 2. The predicted molar refractivity (Wildman–Crippen MR) is 106 cm³/mol. The van der Waals surface area contributed by atoms with Crippen molar-refractivity contribution in [3.8, 4) is 18.1 Å². The lowest BCUT2D eigenvalue weighted by molar-refractivity contribution is 0.0973. The molecule has 0 atom stereocenters. The predicted octanol–water partition coefficient (Wildman–Crippen LogP) is 4.49. The molecular weight excluding hydrogens is 384 g/mol. The Morgan fingerprint density at radius 1 is 1.37 bits per heavy atom. The smallest absolute Gasteiger partial charge is 0.315 e. The summed E-state index contributed by atoms with van der Waals surface area (Å²) in [5, 5.41) is 1.38. The third-order valence-corrected chi connectivity index (χ3v) is 5.31. The summed E-state index contributed by atoms with van der Waals surface area (Å²) < 4.78 is 13.7. The van der Waals surface area contributed by atoms with Gasteiger partial charge in [0.1, 0.15) is 0 Å². The zero-order valence-corrected chi connectivity index (χ0v) is 15.8. The van der Waals surface area contributed by atoms with Gasteiger partial charge in [-0.15, -0.1) is 6.42 Å². The van der Waals surface area contributed by atoms with Gasteiger partial charge >= 0.3 is 5.91 Å². The molecule has 0 saturated carbocycles. The molecule has 1 amide bonds. The van der Waals surface area contributed by atoms with E-state index >= 15 is 0 Å². The molecule has 0 saturated heterocycles. The van der Waals surface area contributed by atoms with Crippen molar-refractivity contribution in [2.24, 2.45) is 4.99 Å². The fraction of sp³-hybridized carbons (Fsp3) is 0.100. The van der Waals surface area contributed by atoms with Gasteiger partial charge in [-0.05, 0) is 30.3 Å². The van der Waals surface area contributed by atoms with Gasteiger partial charge in [0.15, 0.2) is 21.9 Å². The quantitative estimate of drug-likeness (QED) is 0.479. The normalized spacial score (nSPS) is 11.8. The number of benzene rings is 2. The number of amides is 1. The van der Waals surface area contributed by atoms with Gasteiger partial charge in [0.05, 0.1) is 23.9 Å². The molecule has 0 bridgehead atoms. The number of para-hydroxylation sites is 1. The lowest BCUT2D eigenvalue weighted by Crippen LogP contribution is -2.16. The van der Waals surface area contributed by atoms with Crippen molar-refractivity contribution < 1.29 is 13.9 Å². The van der Waals surface area contributed by atoms with Crippen molar-refractivity contribution in [3.05, 3.63) is 58.0 Å². The summed E-state index contributed by atoms with van der Waals surface area (Å²) in [4.78, 5) is 17.4. The molecular formula is C20H13ClN2O3S. The number of ether oxygens (including phenoxy) is 1. The number of carbonyl (C=O) groups is 1. The van der Waals surface area contributed by atoms with E-state index < -0.39 is 5.91 Å². The summed E-state index contributed by atoms with van der Waals surface area (Å²) in [6, 6.07) is 12.6. The van der Waals surface area contributed by atoms with Crippen molar-refractivity contribution in [3.63, 3.8) is 0 Å². The van der Waals surface area contributed by atoms with Gasteiger partial charge < -0.3 is 13.7 Å². The zero-order valence-electron chi connectivity index (χ0n) is 14.2. The van der Waals surface area contributed by atoms with E-state index in [1.54, 1.807) is 29.9 Å². The molecule has 2 aromatic heterocycles. The van der Waals surface area contributed by atoms with Crippen molar-refractivity contribution in [2.75, 3.05) is 7.11 Å². The molecule has 4 aromatic rings. The first-order chi connectivity index (χ1) is 13.1. The van der Waals surface area contributed by atoms with E-state index in [1.165, 1.54) is 11.3 Å². The standard InChI is InChI=1S/C20H13ClN2O3S/c1-3-9-23-14-8-7-13(21)11-17(14)27-20(23)22-19(24)16-10-12-5-4-6-15(25-2)18(12)26-16/h1,4-8,10-11H,9H2,2H3. The fourth-order valence-corrected chi connectivity index (χ4v) is 4.12. The maximum atomic E-state index is 12.7. The number of hydrogen-bond donors (Lipinski definition) is 0. The van der Waals surface area contributed by atoms with E-state index in [4.69, 9.17) is 27.2 Å². The first kappa shape index (κ1) is 17.4. The molecule has 0 N–H and O–H groups in total. The minimum atomic E-state index is -0.489. The van der Waals surface area contributed by atoms with Crippen molar-refractivity contribution in [1.82, 2.24) is 4.57 Å². The van der Waals surface area contributed by atoms with Crippen molar-refractivity contribution >= 4 is 50.0 Å². The molecule has 5 nitrogen and oxygen atoms in total. The molecule has 4 rings (SSSR count). The molecule has 0 unspecified atom stereocenters. The number of aromatic nitrogens is 1. The third kappa shape index (κ3) is 3.12. The van der Waals surface area contributed by atoms with Gasteiger partial charge in [-0.25, -0.2) is 0 Å². The Labute approximate surface area is 163 Å². The monoisotopic (exact) mass is 396 g/mol. The highest BCUT2D eigenvalue weighted by molar-refractivity contribution is 7.16. The number of methoxy groups -OCH3 is 1. The second-order valence-corrected chi connectivity index (χ2v) is 7.14. The topological polar surface area (TPSA) is 56.7 Å². The average molecular weight is 397 g/mol. The highest BCUT2D eigenvalue weighted by atomic mass is 35.5. The molecule has 0 aliphatic carbocycles. The van der Waals surface area contributed by atoms with Crippen LogP contribution in [0.25, 0.3) is 21.2 Å². The fourth-order valence-electron chi connectivity index (χ4n) is 2.82.